The second-order valence-corrected chi connectivity index (χ2v) is 7.70. The molecule has 1 amide bonds. The molecule has 0 saturated carbocycles. The van der Waals surface area contributed by atoms with Crippen LogP contribution in [0.1, 0.15) is 12.8 Å². The third-order valence-electron chi connectivity index (χ3n) is 5.24. The molecule has 7 heteroatoms. The Bertz CT molecular complexity index is 1030. The number of halogens is 1. The molecular formula is C23H23ClN4O2. The second kappa shape index (κ2) is 9.13. The van der Waals surface area contributed by atoms with Crippen molar-refractivity contribution in [3.63, 3.8) is 0 Å². The van der Waals surface area contributed by atoms with E-state index in [9.17, 15) is 4.79 Å². The molecule has 2 aromatic carbocycles. The highest BCUT2D eigenvalue weighted by Crippen LogP contribution is 2.29. The van der Waals surface area contributed by atoms with Crippen LogP contribution in [-0.2, 0) is 4.79 Å². The molecule has 1 fully saturated rings. The van der Waals surface area contributed by atoms with Crippen molar-refractivity contribution in [1.29, 1.82) is 0 Å². The molecule has 1 aliphatic rings. The number of anilines is 2. The SMILES string of the molecule is COc1ccccc1-c1ccc(N2CCCC(C(=O)Nc3cccc(Cl)c3)C2)nn1. The van der Waals surface area contributed by atoms with Gasteiger partial charge in [-0.15, -0.1) is 10.2 Å². The highest BCUT2D eigenvalue weighted by atomic mass is 35.5. The van der Waals surface area contributed by atoms with Gasteiger partial charge in [-0.2, -0.15) is 0 Å². The fraction of sp³-hybridized carbons (Fsp3) is 0.261. The van der Waals surface area contributed by atoms with Gasteiger partial charge in [-0.1, -0.05) is 29.8 Å². The summed E-state index contributed by atoms with van der Waals surface area (Å²) in [5.41, 5.74) is 2.37. The van der Waals surface area contributed by atoms with Crippen LogP contribution in [0.15, 0.2) is 60.7 Å². The lowest BCUT2D eigenvalue weighted by Crippen LogP contribution is -2.41. The van der Waals surface area contributed by atoms with Crippen molar-refractivity contribution in [2.24, 2.45) is 5.92 Å². The van der Waals surface area contributed by atoms with E-state index in [1.165, 1.54) is 0 Å². The molecule has 0 spiro atoms. The summed E-state index contributed by atoms with van der Waals surface area (Å²) in [5.74, 6) is 1.41. The van der Waals surface area contributed by atoms with Gasteiger partial charge in [-0.25, -0.2) is 0 Å². The number of para-hydroxylation sites is 1. The van der Waals surface area contributed by atoms with Crippen molar-refractivity contribution in [2.45, 2.75) is 12.8 Å². The van der Waals surface area contributed by atoms with E-state index < -0.39 is 0 Å². The highest BCUT2D eigenvalue weighted by Gasteiger charge is 2.27. The average molecular weight is 423 g/mol. The molecule has 0 radical (unpaired) electrons. The van der Waals surface area contributed by atoms with E-state index in [1.54, 1.807) is 19.2 Å². The fourth-order valence-corrected chi connectivity index (χ4v) is 3.89. The predicted octanol–water partition coefficient (Wildman–Crippen LogP) is 4.66. The van der Waals surface area contributed by atoms with E-state index in [4.69, 9.17) is 16.3 Å². The van der Waals surface area contributed by atoms with Crippen LogP contribution < -0.4 is 15.0 Å². The van der Waals surface area contributed by atoms with Crippen molar-refractivity contribution in [2.75, 3.05) is 30.4 Å². The summed E-state index contributed by atoms with van der Waals surface area (Å²) in [5, 5.41) is 12.4. The first-order chi connectivity index (χ1) is 14.6. The molecule has 3 aromatic rings. The molecular weight excluding hydrogens is 400 g/mol. The molecule has 1 saturated heterocycles. The maximum atomic E-state index is 12.7. The van der Waals surface area contributed by atoms with E-state index in [-0.39, 0.29) is 11.8 Å². The van der Waals surface area contributed by atoms with E-state index in [2.05, 4.69) is 20.4 Å². The number of methoxy groups -OCH3 is 1. The lowest BCUT2D eigenvalue weighted by molar-refractivity contribution is -0.120. The fourth-order valence-electron chi connectivity index (χ4n) is 3.70. The zero-order valence-electron chi connectivity index (χ0n) is 16.7. The summed E-state index contributed by atoms with van der Waals surface area (Å²) >= 11 is 6.01. The lowest BCUT2D eigenvalue weighted by atomic mass is 9.97. The van der Waals surface area contributed by atoms with Gasteiger partial charge in [0.05, 0.1) is 18.7 Å². The lowest BCUT2D eigenvalue weighted by Gasteiger charge is -2.32. The van der Waals surface area contributed by atoms with Crippen molar-refractivity contribution < 1.29 is 9.53 Å². The second-order valence-electron chi connectivity index (χ2n) is 7.26. The molecule has 0 aliphatic carbocycles. The molecule has 1 unspecified atom stereocenters. The summed E-state index contributed by atoms with van der Waals surface area (Å²) in [4.78, 5) is 14.9. The number of nitrogens with zero attached hydrogens (tertiary/aromatic N) is 3. The third kappa shape index (κ3) is 4.54. The van der Waals surface area contributed by atoms with Gasteiger partial charge >= 0.3 is 0 Å². The maximum absolute atomic E-state index is 12.7. The van der Waals surface area contributed by atoms with Crippen LogP contribution in [-0.4, -0.2) is 36.3 Å². The quantitative estimate of drug-likeness (QED) is 0.647. The largest absolute Gasteiger partial charge is 0.496 e. The first-order valence-corrected chi connectivity index (χ1v) is 10.3. The van der Waals surface area contributed by atoms with Crippen molar-refractivity contribution >= 4 is 29.0 Å². The molecule has 6 nitrogen and oxygen atoms in total. The van der Waals surface area contributed by atoms with Crippen LogP contribution in [0.5, 0.6) is 5.75 Å². The predicted molar refractivity (Wildman–Crippen MR) is 119 cm³/mol. The topological polar surface area (TPSA) is 67.3 Å². The normalized spacial score (nSPS) is 16.2. The minimum atomic E-state index is -0.117. The van der Waals surface area contributed by atoms with E-state index >= 15 is 0 Å². The van der Waals surface area contributed by atoms with Gasteiger partial charge in [-0.05, 0) is 55.3 Å². The molecule has 1 aromatic heterocycles. The van der Waals surface area contributed by atoms with E-state index in [0.29, 0.717) is 17.3 Å². The number of ether oxygens (including phenoxy) is 1. The smallest absolute Gasteiger partial charge is 0.229 e. The number of nitrogens with one attached hydrogen (secondary N) is 1. The monoisotopic (exact) mass is 422 g/mol. The molecule has 30 heavy (non-hydrogen) atoms. The van der Waals surface area contributed by atoms with Gasteiger partial charge in [0.2, 0.25) is 5.91 Å². The Balaban J connectivity index is 1.45. The number of amides is 1. The number of hydrogen-bond acceptors (Lipinski definition) is 5. The Kier molecular flexibility index (Phi) is 6.14. The van der Waals surface area contributed by atoms with Gasteiger partial charge in [0.15, 0.2) is 5.82 Å². The number of rotatable bonds is 5. The van der Waals surface area contributed by atoms with E-state index in [0.717, 1.165) is 42.2 Å². The van der Waals surface area contributed by atoms with Crippen LogP contribution in [0.3, 0.4) is 0 Å². The summed E-state index contributed by atoms with van der Waals surface area (Å²) in [6.45, 7) is 1.46. The molecule has 1 atom stereocenters. The molecule has 154 valence electrons. The van der Waals surface area contributed by atoms with E-state index in [1.807, 2.05) is 48.5 Å². The van der Waals surface area contributed by atoms with Gasteiger partial charge in [0.25, 0.3) is 0 Å². The van der Waals surface area contributed by atoms with Crippen LogP contribution in [0.4, 0.5) is 11.5 Å². The molecule has 1 N–H and O–H groups in total. The van der Waals surface area contributed by atoms with Crippen LogP contribution in [0.2, 0.25) is 5.02 Å². The summed E-state index contributed by atoms with van der Waals surface area (Å²) in [7, 11) is 1.64. The molecule has 1 aliphatic heterocycles. The minimum absolute atomic E-state index is 0.000526. The zero-order valence-corrected chi connectivity index (χ0v) is 17.5. The van der Waals surface area contributed by atoms with Gasteiger partial charge in [0, 0.05) is 29.4 Å². The minimum Gasteiger partial charge on any atom is -0.496 e. The van der Waals surface area contributed by atoms with Gasteiger partial charge < -0.3 is 15.0 Å². The summed E-state index contributed by atoms with van der Waals surface area (Å²) < 4.78 is 5.41. The first kappa shape index (κ1) is 20.2. The Hall–Kier alpha value is -3.12. The first-order valence-electron chi connectivity index (χ1n) is 9.92. The van der Waals surface area contributed by atoms with Crippen LogP contribution in [0, 0.1) is 5.92 Å². The molecule has 0 bridgehead atoms. The Morgan fingerprint density at radius 1 is 1.13 bits per heavy atom. The summed E-state index contributed by atoms with van der Waals surface area (Å²) in [6.07, 6.45) is 1.76. The zero-order chi connectivity index (χ0) is 20.9. The van der Waals surface area contributed by atoms with Crippen molar-refractivity contribution in [3.8, 4) is 17.0 Å². The van der Waals surface area contributed by atoms with Crippen LogP contribution in [0.25, 0.3) is 11.3 Å². The summed E-state index contributed by atoms with van der Waals surface area (Å²) in [6, 6.07) is 18.8. The van der Waals surface area contributed by atoms with Crippen molar-refractivity contribution in [3.05, 3.63) is 65.7 Å². The number of benzene rings is 2. The number of aromatic nitrogens is 2. The number of piperidine rings is 1. The third-order valence-corrected chi connectivity index (χ3v) is 5.48. The number of carbonyl (C=O) groups is 1. The Morgan fingerprint density at radius 3 is 2.77 bits per heavy atom. The highest BCUT2D eigenvalue weighted by molar-refractivity contribution is 6.30. The standard InChI is InChI=1S/C23H23ClN4O2/c1-30-21-10-3-2-9-19(21)20-11-12-22(27-26-20)28-13-5-6-16(15-28)23(29)25-18-8-4-7-17(24)14-18/h2-4,7-12,14,16H,5-6,13,15H2,1H3,(H,25,29). The van der Waals surface area contributed by atoms with Gasteiger partial charge in [-0.3, -0.25) is 4.79 Å². The molecule has 4 rings (SSSR count). The van der Waals surface area contributed by atoms with Crippen molar-refractivity contribution in [1.82, 2.24) is 10.2 Å². The number of hydrogen-bond donors (Lipinski definition) is 1. The van der Waals surface area contributed by atoms with Crippen LogP contribution >= 0.6 is 11.6 Å². The Labute approximate surface area is 180 Å². The van der Waals surface area contributed by atoms with Gasteiger partial charge in [0.1, 0.15) is 5.75 Å². The molecule has 2 heterocycles. The average Bonchev–Trinajstić information content (AvgIpc) is 2.79. The maximum Gasteiger partial charge on any atom is 0.229 e. The number of carbonyl (C=O) groups excluding carboxylic acids is 1. The Morgan fingerprint density at radius 2 is 2.00 bits per heavy atom.